The van der Waals surface area contributed by atoms with Crippen molar-refractivity contribution >= 4 is 11.9 Å². The smallest absolute Gasteiger partial charge is 0.392 e. The van der Waals surface area contributed by atoms with Gasteiger partial charge in [-0.15, -0.1) is 0 Å². The number of unbranched alkanes of at least 4 members (excludes halogenated alkanes) is 1. The molecule has 1 spiro atoms. The first-order valence-corrected chi connectivity index (χ1v) is 7.81. The summed E-state index contributed by atoms with van der Waals surface area (Å²) in [5.74, 6) is -2.33. The van der Waals surface area contributed by atoms with E-state index in [1.807, 2.05) is 0 Å². The Hall–Kier alpha value is -1.27. The molecule has 0 aromatic rings. The molecule has 0 bridgehead atoms. The second-order valence-electron chi connectivity index (χ2n) is 6.51. The van der Waals surface area contributed by atoms with Crippen LogP contribution in [0.15, 0.2) is 0 Å². The molecule has 1 saturated carbocycles. The number of nitrogens with zero attached hydrogens (tertiary/aromatic N) is 1. The van der Waals surface area contributed by atoms with Crippen LogP contribution in [0.4, 0.5) is 13.2 Å². The molecule has 1 N–H and O–H groups in total. The Balaban J connectivity index is 1.87. The molecule has 1 atom stereocenters. The van der Waals surface area contributed by atoms with E-state index in [1.54, 1.807) is 4.90 Å². The number of hydrogen-bond acceptors (Lipinski definition) is 2. The maximum absolute atomic E-state index is 13.2. The number of alkyl halides is 3. The number of piperidine rings is 1. The standard InChI is InChI=1S/C15H22F3NO3/c16-15(17,18)11-6-9-19(10-14(11)7-3-8-14)12(20)4-1-2-5-13(21)22/h11H,1-10H2,(H,21,22). The summed E-state index contributed by atoms with van der Waals surface area (Å²) in [7, 11) is 0. The Labute approximate surface area is 127 Å². The average molecular weight is 321 g/mol. The van der Waals surface area contributed by atoms with Gasteiger partial charge in [0.15, 0.2) is 0 Å². The van der Waals surface area contributed by atoms with Gasteiger partial charge in [-0.05, 0) is 37.5 Å². The van der Waals surface area contributed by atoms with Crippen molar-refractivity contribution in [2.24, 2.45) is 11.3 Å². The summed E-state index contributed by atoms with van der Waals surface area (Å²) >= 11 is 0. The minimum Gasteiger partial charge on any atom is -0.481 e. The third-order valence-corrected chi connectivity index (χ3v) is 5.06. The fourth-order valence-corrected chi connectivity index (χ4v) is 3.73. The highest BCUT2D eigenvalue weighted by Crippen LogP contribution is 2.56. The molecule has 2 aliphatic rings. The van der Waals surface area contributed by atoms with Crippen molar-refractivity contribution in [2.45, 2.75) is 57.5 Å². The molecule has 4 nitrogen and oxygen atoms in total. The van der Waals surface area contributed by atoms with Crippen molar-refractivity contribution < 1.29 is 27.9 Å². The second kappa shape index (κ2) is 6.46. The van der Waals surface area contributed by atoms with Gasteiger partial charge in [-0.25, -0.2) is 0 Å². The molecule has 1 saturated heterocycles. The molecule has 2 fully saturated rings. The summed E-state index contributed by atoms with van der Waals surface area (Å²) in [6.07, 6.45) is -1.18. The SMILES string of the molecule is O=C(O)CCCCC(=O)N1CCC(C(F)(F)F)C2(CCC2)C1. The Morgan fingerprint density at radius 1 is 1.18 bits per heavy atom. The first kappa shape index (κ1) is 17.1. The molecule has 22 heavy (non-hydrogen) atoms. The van der Waals surface area contributed by atoms with Gasteiger partial charge in [0.1, 0.15) is 0 Å². The zero-order chi connectivity index (χ0) is 16.4. The normalized spacial score (nSPS) is 24.1. The Morgan fingerprint density at radius 3 is 2.32 bits per heavy atom. The van der Waals surface area contributed by atoms with Crippen molar-refractivity contribution in [2.75, 3.05) is 13.1 Å². The topological polar surface area (TPSA) is 57.6 Å². The fourth-order valence-electron chi connectivity index (χ4n) is 3.73. The van der Waals surface area contributed by atoms with E-state index in [0.29, 0.717) is 25.7 Å². The van der Waals surface area contributed by atoms with Gasteiger partial charge < -0.3 is 10.0 Å². The highest BCUT2D eigenvalue weighted by atomic mass is 19.4. The third-order valence-electron chi connectivity index (χ3n) is 5.06. The first-order chi connectivity index (χ1) is 10.2. The number of carbonyl (C=O) groups is 2. The molecule has 0 aromatic heterocycles. The number of halogens is 3. The average Bonchev–Trinajstić information content (AvgIpc) is 2.39. The fraction of sp³-hybridized carbons (Fsp3) is 0.867. The van der Waals surface area contributed by atoms with E-state index in [2.05, 4.69) is 0 Å². The van der Waals surface area contributed by atoms with Crippen LogP contribution in [0.25, 0.3) is 0 Å². The number of rotatable bonds is 5. The maximum atomic E-state index is 13.2. The van der Waals surface area contributed by atoms with Crippen molar-refractivity contribution in [3.8, 4) is 0 Å². The summed E-state index contributed by atoms with van der Waals surface area (Å²) in [6.45, 7) is 0.360. The number of amides is 1. The van der Waals surface area contributed by atoms with Crippen LogP contribution in [0.5, 0.6) is 0 Å². The zero-order valence-corrected chi connectivity index (χ0v) is 12.5. The summed E-state index contributed by atoms with van der Waals surface area (Å²) in [6, 6.07) is 0. The highest BCUT2D eigenvalue weighted by molar-refractivity contribution is 5.76. The largest absolute Gasteiger partial charge is 0.481 e. The lowest BCUT2D eigenvalue weighted by Crippen LogP contribution is -2.57. The molecule has 0 aromatic carbocycles. The van der Waals surface area contributed by atoms with E-state index in [4.69, 9.17) is 5.11 Å². The second-order valence-corrected chi connectivity index (χ2v) is 6.51. The highest BCUT2D eigenvalue weighted by Gasteiger charge is 2.58. The van der Waals surface area contributed by atoms with Crippen LogP contribution in [0, 0.1) is 11.3 Å². The van der Waals surface area contributed by atoms with Crippen LogP contribution >= 0.6 is 0 Å². The van der Waals surface area contributed by atoms with Gasteiger partial charge >= 0.3 is 12.1 Å². The molecular formula is C15H22F3NO3. The molecule has 1 aliphatic heterocycles. The Morgan fingerprint density at radius 2 is 1.82 bits per heavy atom. The van der Waals surface area contributed by atoms with Crippen LogP contribution in [-0.2, 0) is 9.59 Å². The van der Waals surface area contributed by atoms with Crippen molar-refractivity contribution in [1.29, 1.82) is 0 Å². The Kier molecular flexibility index (Phi) is 5.02. The van der Waals surface area contributed by atoms with Gasteiger partial charge in [0.2, 0.25) is 5.91 Å². The molecule has 1 aliphatic carbocycles. The van der Waals surface area contributed by atoms with Crippen LogP contribution < -0.4 is 0 Å². The maximum Gasteiger partial charge on any atom is 0.392 e. The van der Waals surface area contributed by atoms with Crippen molar-refractivity contribution in [1.82, 2.24) is 4.90 Å². The lowest BCUT2D eigenvalue weighted by molar-refractivity contribution is -0.237. The summed E-state index contributed by atoms with van der Waals surface area (Å²) < 4.78 is 39.5. The minimum absolute atomic E-state index is 0.00956. The third kappa shape index (κ3) is 3.73. The van der Waals surface area contributed by atoms with Crippen LogP contribution in [0.3, 0.4) is 0 Å². The van der Waals surface area contributed by atoms with Crippen LogP contribution in [0.1, 0.15) is 51.4 Å². The molecule has 2 rings (SSSR count). The number of likely N-dealkylation sites (tertiary alicyclic amines) is 1. The van der Waals surface area contributed by atoms with Crippen LogP contribution in [0.2, 0.25) is 0 Å². The number of carbonyl (C=O) groups excluding carboxylic acids is 1. The van der Waals surface area contributed by atoms with Gasteiger partial charge in [-0.2, -0.15) is 13.2 Å². The monoisotopic (exact) mass is 321 g/mol. The predicted molar refractivity (Wildman–Crippen MR) is 73.1 cm³/mol. The van der Waals surface area contributed by atoms with Crippen molar-refractivity contribution in [3.63, 3.8) is 0 Å². The zero-order valence-electron chi connectivity index (χ0n) is 12.5. The lowest BCUT2D eigenvalue weighted by atomic mass is 9.58. The summed E-state index contributed by atoms with van der Waals surface area (Å²) in [5.41, 5.74) is -0.771. The lowest BCUT2D eigenvalue weighted by Gasteiger charge is -2.54. The van der Waals surface area contributed by atoms with E-state index < -0.39 is 23.5 Å². The number of carboxylic acid groups (broad SMARTS) is 1. The van der Waals surface area contributed by atoms with Gasteiger partial charge in [0, 0.05) is 25.9 Å². The molecule has 1 amide bonds. The van der Waals surface area contributed by atoms with Gasteiger partial charge in [-0.1, -0.05) is 6.42 Å². The molecule has 1 heterocycles. The Bertz CT molecular complexity index is 432. The number of aliphatic carboxylic acids is 1. The minimum atomic E-state index is -4.18. The summed E-state index contributed by atoms with van der Waals surface area (Å²) in [5, 5.41) is 8.54. The number of carboxylic acids is 1. The summed E-state index contributed by atoms with van der Waals surface area (Å²) in [4.78, 5) is 24.1. The van der Waals surface area contributed by atoms with E-state index in [9.17, 15) is 22.8 Å². The molecular weight excluding hydrogens is 299 g/mol. The number of hydrogen-bond donors (Lipinski definition) is 1. The first-order valence-electron chi connectivity index (χ1n) is 7.81. The van der Waals surface area contributed by atoms with Gasteiger partial charge in [-0.3, -0.25) is 9.59 Å². The molecule has 1 unspecified atom stereocenters. The van der Waals surface area contributed by atoms with E-state index >= 15 is 0 Å². The van der Waals surface area contributed by atoms with E-state index in [-0.39, 0.29) is 38.3 Å². The van der Waals surface area contributed by atoms with Crippen LogP contribution in [-0.4, -0.2) is 41.1 Å². The molecule has 0 radical (unpaired) electrons. The van der Waals surface area contributed by atoms with E-state index in [0.717, 1.165) is 6.42 Å². The molecule has 126 valence electrons. The van der Waals surface area contributed by atoms with Crippen molar-refractivity contribution in [3.05, 3.63) is 0 Å². The predicted octanol–water partition coefficient (Wildman–Crippen LogP) is 3.21. The van der Waals surface area contributed by atoms with Gasteiger partial charge in [0.25, 0.3) is 0 Å². The quantitative estimate of drug-likeness (QED) is 0.791. The van der Waals surface area contributed by atoms with E-state index in [1.165, 1.54) is 0 Å². The van der Waals surface area contributed by atoms with Gasteiger partial charge in [0.05, 0.1) is 5.92 Å². The molecule has 7 heteroatoms.